The lowest BCUT2D eigenvalue weighted by atomic mass is 9.45. The van der Waals surface area contributed by atoms with E-state index < -0.39 is 0 Å². The Morgan fingerprint density at radius 1 is 0.909 bits per heavy atom. The van der Waals surface area contributed by atoms with Gasteiger partial charge in [-0.25, -0.2) is 0 Å². The van der Waals surface area contributed by atoms with Gasteiger partial charge in [-0.1, -0.05) is 13.8 Å². The average molecular weight is 304 g/mol. The Bertz CT molecular complexity index is 527. The van der Waals surface area contributed by atoms with E-state index in [9.17, 15) is 14.7 Å². The molecule has 0 spiro atoms. The Morgan fingerprint density at radius 3 is 2.41 bits per heavy atom. The number of hydrogen-bond donors (Lipinski definition) is 1. The lowest BCUT2D eigenvalue weighted by molar-refractivity contribution is -0.155. The molecule has 0 amide bonds. The molecule has 4 aliphatic rings. The number of fused-ring (bicyclic) bond motifs is 5. The maximum atomic E-state index is 12.1. The Morgan fingerprint density at radius 2 is 1.64 bits per heavy atom. The summed E-state index contributed by atoms with van der Waals surface area (Å²) < 4.78 is 0. The summed E-state index contributed by atoms with van der Waals surface area (Å²) in [7, 11) is 0. The van der Waals surface area contributed by atoms with Gasteiger partial charge in [0, 0.05) is 12.8 Å². The summed E-state index contributed by atoms with van der Waals surface area (Å²) in [4.78, 5) is 23.9. The van der Waals surface area contributed by atoms with Crippen molar-refractivity contribution >= 4 is 11.6 Å². The van der Waals surface area contributed by atoms with Gasteiger partial charge in [0.1, 0.15) is 0 Å². The van der Waals surface area contributed by atoms with Crippen LogP contribution in [0.25, 0.3) is 0 Å². The topological polar surface area (TPSA) is 54.4 Å². The third-order valence-corrected chi connectivity index (χ3v) is 8.30. The van der Waals surface area contributed by atoms with E-state index in [4.69, 9.17) is 0 Å². The van der Waals surface area contributed by atoms with E-state index in [2.05, 4.69) is 13.8 Å². The van der Waals surface area contributed by atoms with Crippen molar-refractivity contribution in [3.05, 3.63) is 0 Å². The summed E-state index contributed by atoms with van der Waals surface area (Å²) in [5.41, 5.74) is 0.127. The van der Waals surface area contributed by atoms with E-state index in [1.54, 1.807) is 0 Å². The molecule has 0 aromatic carbocycles. The number of aliphatic hydroxyl groups is 1. The monoisotopic (exact) mass is 304 g/mol. The predicted molar refractivity (Wildman–Crippen MR) is 83.1 cm³/mol. The standard InChI is InChI=1S/C19H28O3/c1-18-8-7-14-12(13(18)5-6-17(18)22)4-3-11-9-15(20)16(21)10-19(11,14)2/h11-14,17,22H,3-10H2,1-2H3/t11?,12-,13-,14-,17-,18-,19-/m0/s1. The molecular formula is C19H28O3. The molecule has 0 aromatic heterocycles. The molecule has 3 nitrogen and oxygen atoms in total. The molecule has 4 aliphatic carbocycles. The molecule has 22 heavy (non-hydrogen) atoms. The van der Waals surface area contributed by atoms with Crippen LogP contribution in [0.5, 0.6) is 0 Å². The highest BCUT2D eigenvalue weighted by Gasteiger charge is 2.60. The Hall–Kier alpha value is -0.700. The molecule has 4 fully saturated rings. The highest BCUT2D eigenvalue weighted by molar-refractivity contribution is 6.38. The van der Waals surface area contributed by atoms with E-state index >= 15 is 0 Å². The van der Waals surface area contributed by atoms with Gasteiger partial charge in [-0.2, -0.15) is 0 Å². The van der Waals surface area contributed by atoms with Gasteiger partial charge in [0.25, 0.3) is 0 Å². The predicted octanol–water partition coefficient (Wildman–Crippen LogP) is 3.14. The minimum atomic E-state index is -0.140. The molecule has 3 heteroatoms. The van der Waals surface area contributed by atoms with Crippen LogP contribution in [0.1, 0.15) is 65.2 Å². The molecule has 122 valence electrons. The normalized spacial score (nSPS) is 54.6. The van der Waals surface area contributed by atoms with Crippen LogP contribution in [0.2, 0.25) is 0 Å². The van der Waals surface area contributed by atoms with Gasteiger partial charge < -0.3 is 5.11 Å². The first kappa shape index (κ1) is 14.9. The fourth-order valence-corrected chi connectivity index (χ4v) is 6.90. The number of aliphatic hydroxyl groups excluding tert-OH is 1. The quantitative estimate of drug-likeness (QED) is 0.700. The molecule has 0 bridgehead atoms. The first-order valence-corrected chi connectivity index (χ1v) is 9.10. The lowest BCUT2D eigenvalue weighted by Crippen LogP contribution is -2.55. The number of Topliss-reactive ketones (excluding diaryl/α,β-unsaturated/α-hetero) is 2. The summed E-state index contributed by atoms with van der Waals surface area (Å²) in [5, 5.41) is 10.4. The second kappa shape index (κ2) is 4.66. The fraction of sp³-hybridized carbons (Fsp3) is 0.895. The Labute approximate surface area is 132 Å². The van der Waals surface area contributed by atoms with Gasteiger partial charge in [-0.05, 0) is 73.0 Å². The largest absolute Gasteiger partial charge is 0.393 e. The van der Waals surface area contributed by atoms with Gasteiger partial charge in [0.2, 0.25) is 0 Å². The molecule has 4 rings (SSSR count). The van der Waals surface area contributed by atoms with Crippen LogP contribution >= 0.6 is 0 Å². The van der Waals surface area contributed by atoms with Gasteiger partial charge >= 0.3 is 0 Å². The van der Waals surface area contributed by atoms with Crippen molar-refractivity contribution in [2.75, 3.05) is 0 Å². The van der Waals surface area contributed by atoms with Crippen molar-refractivity contribution < 1.29 is 14.7 Å². The second-order valence-corrected chi connectivity index (χ2v) is 9.02. The summed E-state index contributed by atoms with van der Waals surface area (Å²) in [5.74, 6) is 2.00. The molecular weight excluding hydrogens is 276 g/mol. The van der Waals surface area contributed by atoms with Crippen molar-refractivity contribution in [1.29, 1.82) is 0 Å². The third-order valence-electron chi connectivity index (χ3n) is 8.30. The van der Waals surface area contributed by atoms with E-state index in [0.717, 1.165) is 32.1 Å². The molecule has 0 saturated heterocycles. The van der Waals surface area contributed by atoms with Gasteiger partial charge in [-0.15, -0.1) is 0 Å². The highest BCUT2D eigenvalue weighted by Crippen LogP contribution is 2.65. The zero-order valence-electron chi connectivity index (χ0n) is 13.8. The number of carbonyl (C=O) groups is 2. The molecule has 0 aliphatic heterocycles. The Balaban J connectivity index is 1.66. The number of hydrogen-bond acceptors (Lipinski definition) is 3. The fourth-order valence-electron chi connectivity index (χ4n) is 6.90. The summed E-state index contributed by atoms with van der Waals surface area (Å²) in [6.07, 6.45) is 7.42. The van der Waals surface area contributed by atoms with Crippen LogP contribution in [-0.4, -0.2) is 22.8 Å². The summed E-state index contributed by atoms with van der Waals surface area (Å²) in [6.45, 7) is 4.57. The van der Waals surface area contributed by atoms with Crippen molar-refractivity contribution in [3.63, 3.8) is 0 Å². The van der Waals surface area contributed by atoms with Crippen LogP contribution in [0.3, 0.4) is 0 Å². The zero-order valence-corrected chi connectivity index (χ0v) is 13.8. The van der Waals surface area contributed by atoms with Crippen molar-refractivity contribution in [3.8, 4) is 0 Å². The highest BCUT2D eigenvalue weighted by atomic mass is 16.3. The minimum absolute atomic E-state index is 0.0305. The molecule has 1 N–H and O–H groups in total. The van der Waals surface area contributed by atoms with Crippen molar-refractivity contribution in [2.45, 2.75) is 71.3 Å². The van der Waals surface area contributed by atoms with Gasteiger partial charge in [-0.3, -0.25) is 9.59 Å². The molecule has 7 atom stereocenters. The van der Waals surface area contributed by atoms with Crippen molar-refractivity contribution in [2.24, 2.45) is 34.5 Å². The first-order valence-electron chi connectivity index (χ1n) is 9.10. The van der Waals surface area contributed by atoms with Crippen molar-refractivity contribution in [1.82, 2.24) is 0 Å². The lowest BCUT2D eigenvalue weighted by Gasteiger charge is -2.59. The average Bonchev–Trinajstić information content (AvgIpc) is 2.77. The number of rotatable bonds is 0. The van der Waals surface area contributed by atoms with Gasteiger partial charge in [0.05, 0.1) is 6.10 Å². The van der Waals surface area contributed by atoms with E-state index in [-0.39, 0.29) is 28.5 Å². The van der Waals surface area contributed by atoms with E-state index in [1.807, 2.05) is 0 Å². The number of carbonyl (C=O) groups excluding carboxylic acids is 2. The maximum Gasteiger partial charge on any atom is 0.198 e. The smallest absolute Gasteiger partial charge is 0.198 e. The van der Waals surface area contributed by atoms with Crippen LogP contribution in [0, 0.1) is 34.5 Å². The molecule has 0 radical (unpaired) electrons. The second-order valence-electron chi connectivity index (χ2n) is 9.02. The van der Waals surface area contributed by atoms with Crippen LogP contribution in [0.15, 0.2) is 0 Å². The van der Waals surface area contributed by atoms with Crippen LogP contribution in [-0.2, 0) is 9.59 Å². The first-order chi connectivity index (χ1) is 10.4. The summed E-state index contributed by atoms with van der Waals surface area (Å²) in [6, 6.07) is 0. The number of ketones is 2. The molecule has 4 saturated carbocycles. The third kappa shape index (κ3) is 1.78. The van der Waals surface area contributed by atoms with Crippen LogP contribution < -0.4 is 0 Å². The zero-order chi connectivity index (χ0) is 15.7. The molecule has 1 unspecified atom stereocenters. The SMILES string of the molecule is C[C@]12CC[C@H]3[C@@H](CCC4CC(=O)C(=O)C[C@@]43C)[C@@H]1CC[C@@H]2O. The molecule has 0 aromatic rings. The van der Waals surface area contributed by atoms with E-state index in [0.29, 0.717) is 36.5 Å². The Kier molecular flexibility index (Phi) is 3.15. The van der Waals surface area contributed by atoms with Crippen LogP contribution in [0.4, 0.5) is 0 Å². The summed E-state index contributed by atoms with van der Waals surface area (Å²) >= 11 is 0. The van der Waals surface area contributed by atoms with E-state index in [1.165, 1.54) is 6.42 Å². The minimum Gasteiger partial charge on any atom is -0.393 e. The molecule has 0 heterocycles. The van der Waals surface area contributed by atoms with Gasteiger partial charge in [0.15, 0.2) is 11.6 Å². The maximum absolute atomic E-state index is 12.1.